The number of anilines is 1. The molecule has 0 saturated carbocycles. The Morgan fingerprint density at radius 2 is 2.25 bits per heavy atom. The summed E-state index contributed by atoms with van der Waals surface area (Å²) in [5.41, 5.74) is 0. The molecule has 4 nitrogen and oxygen atoms in total. The Labute approximate surface area is 104 Å². The predicted octanol–water partition coefficient (Wildman–Crippen LogP) is 1.47. The van der Waals surface area contributed by atoms with Gasteiger partial charge < -0.3 is 4.90 Å². The molecule has 1 aromatic rings. The van der Waals surface area contributed by atoms with Gasteiger partial charge in [-0.3, -0.25) is 9.58 Å². The fourth-order valence-electron chi connectivity index (χ4n) is 2.92. The Balaban J connectivity index is 1.78. The van der Waals surface area contributed by atoms with E-state index in [0.717, 1.165) is 23.7 Å². The molecule has 2 fully saturated rings. The minimum atomic E-state index is 0.766. The van der Waals surface area contributed by atoms with Crippen LogP contribution in [0.15, 0.2) is 10.7 Å². The summed E-state index contributed by atoms with van der Waals surface area (Å²) < 4.78 is 2.90. The SMILES string of the molecule is Cn1nc(Br)cc1N1CCN2CCC[C@H]2C1. The van der Waals surface area contributed by atoms with E-state index in [4.69, 9.17) is 0 Å². The zero-order valence-corrected chi connectivity index (χ0v) is 11.2. The average molecular weight is 285 g/mol. The molecule has 0 radical (unpaired) electrons. The van der Waals surface area contributed by atoms with Gasteiger partial charge in [0.05, 0.1) is 0 Å². The van der Waals surface area contributed by atoms with Crippen LogP contribution in [0.2, 0.25) is 0 Å². The van der Waals surface area contributed by atoms with E-state index in [1.54, 1.807) is 0 Å². The molecule has 2 aliphatic rings. The van der Waals surface area contributed by atoms with Crippen LogP contribution in [0, 0.1) is 0 Å². The first-order valence-corrected chi connectivity index (χ1v) is 6.72. The maximum atomic E-state index is 4.35. The third-order valence-electron chi connectivity index (χ3n) is 3.74. The van der Waals surface area contributed by atoms with Gasteiger partial charge in [-0.25, -0.2) is 0 Å². The molecule has 1 atom stereocenters. The second-order valence-corrected chi connectivity index (χ2v) is 5.54. The normalized spacial score (nSPS) is 26.1. The van der Waals surface area contributed by atoms with Crippen LogP contribution in [0.3, 0.4) is 0 Å². The van der Waals surface area contributed by atoms with E-state index in [2.05, 4.69) is 36.9 Å². The van der Waals surface area contributed by atoms with Crippen molar-refractivity contribution in [2.45, 2.75) is 18.9 Å². The van der Waals surface area contributed by atoms with E-state index < -0.39 is 0 Å². The van der Waals surface area contributed by atoms with Crippen LogP contribution in [-0.4, -0.2) is 46.9 Å². The first kappa shape index (κ1) is 10.6. The second kappa shape index (κ2) is 4.04. The highest BCUT2D eigenvalue weighted by atomic mass is 79.9. The number of hydrogen-bond acceptors (Lipinski definition) is 3. The molecule has 0 aliphatic carbocycles. The van der Waals surface area contributed by atoms with Crippen molar-refractivity contribution in [1.82, 2.24) is 14.7 Å². The van der Waals surface area contributed by atoms with Crippen molar-refractivity contribution in [3.8, 4) is 0 Å². The molecular weight excluding hydrogens is 268 g/mol. The van der Waals surface area contributed by atoms with Crippen molar-refractivity contribution in [3.05, 3.63) is 10.7 Å². The number of rotatable bonds is 1. The van der Waals surface area contributed by atoms with Crippen LogP contribution >= 0.6 is 15.9 Å². The van der Waals surface area contributed by atoms with Crippen LogP contribution in [-0.2, 0) is 7.05 Å². The van der Waals surface area contributed by atoms with Gasteiger partial charge in [-0.1, -0.05) is 0 Å². The van der Waals surface area contributed by atoms with Gasteiger partial charge in [0.2, 0.25) is 0 Å². The minimum Gasteiger partial charge on any atom is -0.354 e. The first-order chi connectivity index (χ1) is 7.74. The fourth-order valence-corrected chi connectivity index (χ4v) is 3.36. The summed E-state index contributed by atoms with van der Waals surface area (Å²) in [6.45, 7) is 4.79. The molecular formula is C11H17BrN4. The summed E-state index contributed by atoms with van der Waals surface area (Å²) in [7, 11) is 2.01. The predicted molar refractivity (Wildman–Crippen MR) is 67.7 cm³/mol. The average Bonchev–Trinajstić information content (AvgIpc) is 2.83. The Kier molecular flexibility index (Phi) is 2.67. The molecule has 1 aromatic heterocycles. The summed E-state index contributed by atoms with van der Waals surface area (Å²) in [6.07, 6.45) is 2.73. The number of piperazine rings is 1. The third-order valence-corrected chi connectivity index (χ3v) is 4.12. The van der Waals surface area contributed by atoms with Crippen molar-refractivity contribution >= 4 is 21.7 Å². The van der Waals surface area contributed by atoms with Gasteiger partial charge >= 0.3 is 0 Å². The van der Waals surface area contributed by atoms with Gasteiger partial charge in [-0.15, -0.1) is 0 Å². The van der Waals surface area contributed by atoms with E-state index >= 15 is 0 Å². The Hall–Kier alpha value is -0.550. The minimum absolute atomic E-state index is 0.766. The lowest BCUT2D eigenvalue weighted by Crippen LogP contribution is -2.50. The quantitative estimate of drug-likeness (QED) is 0.781. The number of aromatic nitrogens is 2. The zero-order chi connectivity index (χ0) is 11.1. The van der Waals surface area contributed by atoms with E-state index in [9.17, 15) is 0 Å². The summed E-state index contributed by atoms with van der Waals surface area (Å²) in [4.78, 5) is 5.09. The molecule has 2 aliphatic heterocycles. The van der Waals surface area contributed by atoms with Crippen LogP contribution in [0.25, 0.3) is 0 Å². The molecule has 0 N–H and O–H groups in total. The molecule has 0 amide bonds. The molecule has 5 heteroatoms. The standard InChI is InChI=1S/C11H17BrN4/c1-14-11(7-10(12)13-14)16-6-5-15-4-2-3-9(15)8-16/h7,9H,2-6,8H2,1H3/t9-/m0/s1. The fraction of sp³-hybridized carbons (Fsp3) is 0.727. The van der Waals surface area contributed by atoms with E-state index in [1.165, 1.54) is 31.7 Å². The van der Waals surface area contributed by atoms with Crippen molar-refractivity contribution in [1.29, 1.82) is 0 Å². The van der Waals surface area contributed by atoms with E-state index in [-0.39, 0.29) is 0 Å². The maximum Gasteiger partial charge on any atom is 0.130 e. The van der Waals surface area contributed by atoms with Gasteiger partial charge in [0.15, 0.2) is 0 Å². The van der Waals surface area contributed by atoms with Gasteiger partial charge in [-0.05, 0) is 35.3 Å². The summed E-state index contributed by atoms with van der Waals surface area (Å²) >= 11 is 3.44. The maximum absolute atomic E-state index is 4.35. The molecule has 88 valence electrons. The Bertz CT molecular complexity index is 389. The van der Waals surface area contributed by atoms with Crippen molar-refractivity contribution < 1.29 is 0 Å². The lowest BCUT2D eigenvalue weighted by atomic mass is 10.1. The smallest absolute Gasteiger partial charge is 0.130 e. The highest BCUT2D eigenvalue weighted by Crippen LogP contribution is 2.26. The van der Waals surface area contributed by atoms with Gasteiger partial charge in [0.1, 0.15) is 10.4 Å². The summed E-state index contributed by atoms with van der Waals surface area (Å²) in [6, 6.07) is 2.88. The van der Waals surface area contributed by atoms with Crippen molar-refractivity contribution in [3.63, 3.8) is 0 Å². The third kappa shape index (κ3) is 1.76. The van der Waals surface area contributed by atoms with Gasteiger partial charge in [0.25, 0.3) is 0 Å². The highest BCUT2D eigenvalue weighted by molar-refractivity contribution is 9.10. The van der Waals surface area contributed by atoms with Gasteiger partial charge in [0, 0.05) is 38.8 Å². The Morgan fingerprint density at radius 3 is 3.00 bits per heavy atom. The monoisotopic (exact) mass is 284 g/mol. The van der Waals surface area contributed by atoms with Crippen LogP contribution < -0.4 is 4.90 Å². The van der Waals surface area contributed by atoms with Crippen molar-refractivity contribution in [2.24, 2.45) is 7.05 Å². The Morgan fingerprint density at radius 1 is 1.38 bits per heavy atom. The molecule has 0 aromatic carbocycles. The van der Waals surface area contributed by atoms with E-state index in [1.807, 2.05) is 11.7 Å². The first-order valence-electron chi connectivity index (χ1n) is 5.92. The molecule has 0 bridgehead atoms. The van der Waals surface area contributed by atoms with Crippen LogP contribution in [0.1, 0.15) is 12.8 Å². The van der Waals surface area contributed by atoms with E-state index in [0.29, 0.717) is 0 Å². The molecule has 3 heterocycles. The number of fused-ring (bicyclic) bond motifs is 1. The number of hydrogen-bond donors (Lipinski definition) is 0. The summed E-state index contributed by atoms with van der Waals surface area (Å²) in [5.74, 6) is 1.23. The lowest BCUT2D eigenvalue weighted by Gasteiger charge is -2.38. The molecule has 2 saturated heterocycles. The summed E-state index contributed by atoms with van der Waals surface area (Å²) in [5, 5.41) is 4.35. The van der Waals surface area contributed by atoms with Crippen LogP contribution in [0.4, 0.5) is 5.82 Å². The van der Waals surface area contributed by atoms with Crippen molar-refractivity contribution in [2.75, 3.05) is 31.1 Å². The number of halogens is 1. The van der Waals surface area contributed by atoms with Crippen LogP contribution in [0.5, 0.6) is 0 Å². The number of nitrogens with zero attached hydrogens (tertiary/aromatic N) is 4. The highest BCUT2D eigenvalue weighted by Gasteiger charge is 2.31. The lowest BCUT2D eigenvalue weighted by molar-refractivity contribution is 0.229. The molecule has 0 unspecified atom stereocenters. The van der Waals surface area contributed by atoms with Gasteiger partial charge in [-0.2, -0.15) is 5.10 Å². The molecule has 0 spiro atoms. The second-order valence-electron chi connectivity index (χ2n) is 4.73. The largest absolute Gasteiger partial charge is 0.354 e. The zero-order valence-electron chi connectivity index (χ0n) is 9.56. The topological polar surface area (TPSA) is 24.3 Å². The number of aryl methyl sites for hydroxylation is 1. The molecule has 16 heavy (non-hydrogen) atoms. The molecule has 3 rings (SSSR count).